The number of hydrogen-bond acceptors (Lipinski definition) is 3. The Bertz CT molecular complexity index is 699. The maximum atomic E-state index is 12.6. The van der Waals surface area contributed by atoms with Gasteiger partial charge in [0.05, 0.1) is 12.2 Å². The topological polar surface area (TPSA) is 93.2 Å². The smallest absolute Gasteiger partial charge is 0.317 e. The van der Waals surface area contributed by atoms with Gasteiger partial charge in [-0.05, 0) is 18.9 Å². The van der Waals surface area contributed by atoms with Crippen molar-refractivity contribution in [3.63, 3.8) is 0 Å². The van der Waals surface area contributed by atoms with Gasteiger partial charge in [-0.1, -0.05) is 30.3 Å². The van der Waals surface area contributed by atoms with E-state index in [1.807, 2.05) is 50.5 Å². The molecule has 1 heterocycles. The number of nitrogens with zero attached hydrogens (tertiary/aromatic N) is 3. The first-order valence-electron chi connectivity index (χ1n) is 8.32. The van der Waals surface area contributed by atoms with E-state index in [0.717, 1.165) is 11.1 Å². The molecule has 7 heteroatoms. The quantitative estimate of drug-likeness (QED) is 0.762. The first kappa shape index (κ1) is 18.5. The summed E-state index contributed by atoms with van der Waals surface area (Å²) in [7, 11) is 1.83. The fourth-order valence-electron chi connectivity index (χ4n) is 2.49. The molecule has 0 aliphatic heterocycles. The number of amides is 3. The minimum Gasteiger partial charge on any atom is -0.370 e. The monoisotopic (exact) mass is 343 g/mol. The number of carbonyl (C=O) groups is 2. The molecule has 0 unspecified atom stereocenters. The highest BCUT2D eigenvalue weighted by molar-refractivity contribution is 5.77. The Hall–Kier alpha value is -2.83. The van der Waals surface area contributed by atoms with Gasteiger partial charge in [-0.3, -0.25) is 9.48 Å². The molecule has 0 fully saturated rings. The van der Waals surface area contributed by atoms with E-state index in [2.05, 4.69) is 10.4 Å². The Morgan fingerprint density at radius 1 is 1.28 bits per heavy atom. The molecule has 2 aromatic rings. The summed E-state index contributed by atoms with van der Waals surface area (Å²) in [5, 5.41) is 7.07. The van der Waals surface area contributed by atoms with Crippen molar-refractivity contribution < 1.29 is 9.59 Å². The number of urea groups is 1. The minimum atomic E-state index is -0.419. The van der Waals surface area contributed by atoms with E-state index in [9.17, 15) is 9.59 Å². The molecule has 25 heavy (non-hydrogen) atoms. The molecule has 3 amide bonds. The van der Waals surface area contributed by atoms with E-state index in [0.29, 0.717) is 19.5 Å². The summed E-state index contributed by atoms with van der Waals surface area (Å²) in [6, 6.07) is 9.53. The van der Waals surface area contributed by atoms with Gasteiger partial charge in [0.2, 0.25) is 5.91 Å². The Balaban J connectivity index is 1.97. The standard InChI is InChI=1S/C18H25N5O2/c1-14(16-12-20-22(2)13-16)21-18(25)23(11-9-17(19)24)10-8-15-6-4-3-5-7-15/h3-7,12-14H,8-11H2,1-2H3,(H2,19,24)(H,21,25)/t14-/m0/s1. The first-order valence-corrected chi connectivity index (χ1v) is 8.32. The van der Waals surface area contributed by atoms with Crippen LogP contribution in [0.5, 0.6) is 0 Å². The zero-order valence-electron chi connectivity index (χ0n) is 14.7. The van der Waals surface area contributed by atoms with Crippen molar-refractivity contribution in [3.8, 4) is 0 Å². The maximum absolute atomic E-state index is 12.6. The molecular formula is C18H25N5O2. The molecule has 0 radical (unpaired) electrons. The van der Waals surface area contributed by atoms with E-state index in [-0.39, 0.29) is 18.5 Å². The Kier molecular flexibility index (Phi) is 6.56. The zero-order valence-corrected chi connectivity index (χ0v) is 14.7. The maximum Gasteiger partial charge on any atom is 0.317 e. The van der Waals surface area contributed by atoms with Crippen molar-refractivity contribution in [1.29, 1.82) is 0 Å². The minimum absolute atomic E-state index is 0.142. The lowest BCUT2D eigenvalue weighted by Crippen LogP contribution is -2.43. The summed E-state index contributed by atoms with van der Waals surface area (Å²) < 4.78 is 1.69. The number of hydrogen-bond donors (Lipinski definition) is 2. The van der Waals surface area contributed by atoms with Crippen LogP contribution in [-0.2, 0) is 18.3 Å². The molecule has 0 aliphatic rings. The lowest BCUT2D eigenvalue weighted by Gasteiger charge is -2.24. The van der Waals surface area contributed by atoms with E-state index >= 15 is 0 Å². The number of rotatable bonds is 8. The lowest BCUT2D eigenvalue weighted by atomic mass is 10.1. The second kappa shape index (κ2) is 8.86. The molecule has 0 saturated heterocycles. The predicted molar refractivity (Wildman–Crippen MR) is 95.7 cm³/mol. The normalized spacial score (nSPS) is 11.8. The van der Waals surface area contributed by atoms with Crippen LogP contribution in [-0.4, -0.2) is 39.7 Å². The number of aromatic nitrogens is 2. The second-order valence-electron chi connectivity index (χ2n) is 6.06. The Morgan fingerprint density at radius 3 is 2.60 bits per heavy atom. The van der Waals surface area contributed by atoms with Gasteiger partial charge in [0.1, 0.15) is 0 Å². The molecular weight excluding hydrogens is 318 g/mol. The fourth-order valence-corrected chi connectivity index (χ4v) is 2.49. The van der Waals surface area contributed by atoms with Crippen molar-refractivity contribution in [2.45, 2.75) is 25.8 Å². The molecule has 7 nitrogen and oxygen atoms in total. The summed E-state index contributed by atoms with van der Waals surface area (Å²) >= 11 is 0. The molecule has 0 saturated carbocycles. The van der Waals surface area contributed by atoms with Crippen LogP contribution in [0.2, 0.25) is 0 Å². The first-order chi connectivity index (χ1) is 12.0. The van der Waals surface area contributed by atoms with Gasteiger partial charge >= 0.3 is 6.03 Å². The molecule has 1 atom stereocenters. The van der Waals surface area contributed by atoms with Crippen LogP contribution < -0.4 is 11.1 Å². The van der Waals surface area contributed by atoms with Crippen LogP contribution >= 0.6 is 0 Å². The van der Waals surface area contributed by atoms with E-state index < -0.39 is 5.91 Å². The summed E-state index contributed by atoms with van der Waals surface area (Å²) in [6.07, 6.45) is 4.45. The number of benzene rings is 1. The highest BCUT2D eigenvalue weighted by Crippen LogP contribution is 2.11. The Labute approximate surface area is 147 Å². The number of primary amides is 1. The van der Waals surface area contributed by atoms with Gasteiger partial charge in [0.25, 0.3) is 0 Å². The van der Waals surface area contributed by atoms with Gasteiger partial charge in [-0.15, -0.1) is 0 Å². The molecule has 0 bridgehead atoms. The summed E-state index contributed by atoms with van der Waals surface area (Å²) in [6.45, 7) is 2.72. The fraction of sp³-hybridized carbons (Fsp3) is 0.389. The molecule has 2 rings (SSSR count). The third kappa shape index (κ3) is 5.95. The largest absolute Gasteiger partial charge is 0.370 e. The number of nitrogens with one attached hydrogen (secondary N) is 1. The molecule has 134 valence electrons. The van der Waals surface area contributed by atoms with E-state index in [1.54, 1.807) is 15.8 Å². The SMILES string of the molecule is C[C@H](NC(=O)N(CCC(N)=O)CCc1ccccc1)c1cnn(C)c1. The second-order valence-corrected chi connectivity index (χ2v) is 6.06. The van der Waals surface area contributed by atoms with Crippen LogP contribution in [0.1, 0.15) is 30.5 Å². The van der Waals surface area contributed by atoms with Crippen molar-refractivity contribution in [2.75, 3.05) is 13.1 Å². The van der Waals surface area contributed by atoms with E-state index in [1.165, 1.54) is 0 Å². The van der Waals surface area contributed by atoms with Gasteiger partial charge in [0.15, 0.2) is 0 Å². The molecule has 0 aliphatic carbocycles. The van der Waals surface area contributed by atoms with Gasteiger partial charge in [0, 0.05) is 38.3 Å². The lowest BCUT2D eigenvalue weighted by molar-refractivity contribution is -0.118. The average molecular weight is 343 g/mol. The van der Waals surface area contributed by atoms with Crippen molar-refractivity contribution in [1.82, 2.24) is 20.0 Å². The van der Waals surface area contributed by atoms with Gasteiger partial charge in [-0.2, -0.15) is 5.10 Å². The highest BCUT2D eigenvalue weighted by Gasteiger charge is 2.18. The molecule has 1 aromatic heterocycles. The van der Waals surface area contributed by atoms with Gasteiger partial charge < -0.3 is 16.0 Å². The highest BCUT2D eigenvalue weighted by atomic mass is 16.2. The van der Waals surface area contributed by atoms with Crippen LogP contribution in [0.4, 0.5) is 4.79 Å². The van der Waals surface area contributed by atoms with Crippen molar-refractivity contribution in [2.24, 2.45) is 12.8 Å². The third-order valence-corrected chi connectivity index (χ3v) is 3.99. The summed E-state index contributed by atoms with van der Waals surface area (Å²) in [4.78, 5) is 25.3. The van der Waals surface area contributed by atoms with Crippen molar-refractivity contribution in [3.05, 3.63) is 53.9 Å². The Morgan fingerprint density at radius 2 is 2.00 bits per heavy atom. The molecule has 0 spiro atoms. The third-order valence-electron chi connectivity index (χ3n) is 3.99. The molecule has 3 N–H and O–H groups in total. The summed E-state index contributed by atoms with van der Waals surface area (Å²) in [5.41, 5.74) is 7.30. The molecule has 1 aromatic carbocycles. The van der Waals surface area contributed by atoms with Crippen molar-refractivity contribution >= 4 is 11.9 Å². The number of aryl methyl sites for hydroxylation is 1. The van der Waals surface area contributed by atoms with Crippen LogP contribution in [0, 0.1) is 0 Å². The predicted octanol–water partition coefficient (Wildman–Crippen LogP) is 1.61. The zero-order chi connectivity index (χ0) is 18.2. The van der Waals surface area contributed by atoms with Crippen LogP contribution in [0.3, 0.4) is 0 Å². The van der Waals surface area contributed by atoms with Crippen LogP contribution in [0.15, 0.2) is 42.7 Å². The van der Waals surface area contributed by atoms with Crippen LogP contribution in [0.25, 0.3) is 0 Å². The average Bonchev–Trinajstić information content (AvgIpc) is 3.02. The summed E-state index contributed by atoms with van der Waals surface area (Å²) in [5.74, 6) is -0.419. The van der Waals surface area contributed by atoms with E-state index in [4.69, 9.17) is 5.73 Å². The number of nitrogens with two attached hydrogens (primary N) is 1. The van der Waals surface area contributed by atoms with Gasteiger partial charge in [-0.25, -0.2) is 4.79 Å². The number of carbonyl (C=O) groups excluding carboxylic acids is 2.